The molecule has 0 unspecified atom stereocenters. The Hall–Kier alpha value is -1.43. The van der Waals surface area contributed by atoms with E-state index in [0.717, 1.165) is 24.2 Å². The highest BCUT2D eigenvalue weighted by molar-refractivity contribution is 5.97. The number of carbonyl (C=O) groups is 1. The highest BCUT2D eigenvalue weighted by atomic mass is 35.5. The van der Waals surface area contributed by atoms with Gasteiger partial charge in [0.1, 0.15) is 6.54 Å². The third-order valence-electron chi connectivity index (χ3n) is 2.79. The molecule has 1 aliphatic rings. The molecular weight excluding hydrogens is 281 g/mol. The summed E-state index contributed by atoms with van der Waals surface area (Å²) in [5.74, 6) is -0.673. The van der Waals surface area contributed by atoms with E-state index in [1.165, 1.54) is 0 Å². The minimum Gasteiger partial charge on any atom is -0.385 e. The van der Waals surface area contributed by atoms with Crippen molar-refractivity contribution in [1.29, 1.82) is 0 Å². The van der Waals surface area contributed by atoms with Crippen LogP contribution in [0.1, 0.15) is 22.3 Å². The average Bonchev–Trinajstić information content (AvgIpc) is 2.34. The van der Waals surface area contributed by atoms with Crippen LogP contribution in [-0.2, 0) is 6.42 Å². The Morgan fingerprint density at radius 3 is 2.79 bits per heavy atom. The van der Waals surface area contributed by atoms with E-state index in [9.17, 15) is 18.0 Å². The first-order chi connectivity index (χ1) is 8.47. The van der Waals surface area contributed by atoms with Crippen LogP contribution in [0.2, 0.25) is 0 Å². The standard InChI is InChI=1S/C12H13F3N2O.ClH/c13-12(14,15)7-17-11(18)9-3-1-5-10-8(9)4-2-6-16-10;/h1,3,5,16H,2,4,6-7H2,(H,17,18);1H. The predicted molar refractivity (Wildman–Crippen MR) is 68.9 cm³/mol. The summed E-state index contributed by atoms with van der Waals surface area (Å²) in [5, 5.41) is 5.03. The van der Waals surface area contributed by atoms with Crippen molar-refractivity contribution in [2.75, 3.05) is 18.4 Å². The average molecular weight is 295 g/mol. The fourth-order valence-corrected chi connectivity index (χ4v) is 2.00. The molecule has 2 rings (SSSR count). The minimum absolute atomic E-state index is 0. The van der Waals surface area contributed by atoms with E-state index in [1.54, 1.807) is 12.1 Å². The van der Waals surface area contributed by atoms with E-state index >= 15 is 0 Å². The number of rotatable bonds is 2. The van der Waals surface area contributed by atoms with Gasteiger partial charge in [0.15, 0.2) is 0 Å². The van der Waals surface area contributed by atoms with Gasteiger partial charge in [0.2, 0.25) is 0 Å². The molecule has 0 fully saturated rings. The number of hydrogen-bond donors (Lipinski definition) is 2. The Balaban J connectivity index is 0.00000180. The van der Waals surface area contributed by atoms with E-state index in [0.29, 0.717) is 12.0 Å². The van der Waals surface area contributed by atoms with Crippen LogP contribution in [0.25, 0.3) is 0 Å². The summed E-state index contributed by atoms with van der Waals surface area (Å²) >= 11 is 0. The van der Waals surface area contributed by atoms with Crippen molar-refractivity contribution < 1.29 is 18.0 Å². The van der Waals surface area contributed by atoms with Crippen LogP contribution >= 0.6 is 12.4 Å². The lowest BCUT2D eigenvalue weighted by Crippen LogP contribution is -2.34. The summed E-state index contributed by atoms with van der Waals surface area (Å²) in [6.45, 7) is -0.483. The Labute approximate surface area is 115 Å². The van der Waals surface area contributed by atoms with Crippen LogP contribution in [-0.4, -0.2) is 25.2 Å². The molecule has 2 N–H and O–H groups in total. The van der Waals surface area contributed by atoms with E-state index in [-0.39, 0.29) is 12.4 Å². The van der Waals surface area contributed by atoms with Crippen LogP contribution < -0.4 is 10.6 Å². The first-order valence-corrected chi connectivity index (χ1v) is 5.68. The quantitative estimate of drug-likeness (QED) is 0.880. The molecule has 106 valence electrons. The SMILES string of the molecule is Cl.O=C(NCC(F)(F)F)c1cccc2c1CCCN2. The van der Waals surface area contributed by atoms with Gasteiger partial charge < -0.3 is 10.6 Å². The molecule has 1 aromatic carbocycles. The smallest absolute Gasteiger partial charge is 0.385 e. The molecule has 1 amide bonds. The summed E-state index contributed by atoms with van der Waals surface area (Å²) < 4.78 is 36.1. The van der Waals surface area contributed by atoms with Gasteiger partial charge in [0.05, 0.1) is 0 Å². The van der Waals surface area contributed by atoms with E-state index in [1.807, 2.05) is 11.4 Å². The summed E-state index contributed by atoms with van der Waals surface area (Å²) in [5.41, 5.74) is 1.95. The molecule has 7 heteroatoms. The Kier molecular flexibility index (Phi) is 5.05. The third-order valence-corrected chi connectivity index (χ3v) is 2.79. The molecule has 1 aromatic rings. The molecule has 0 spiro atoms. The zero-order chi connectivity index (χ0) is 13.2. The second-order valence-electron chi connectivity index (χ2n) is 4.16. The summed E-state index contributed by atoms with van der Waals surface area (Å²) in [6, 6.07) is 5.05. The Morgan fingerprint density at radius 1 is 1.37 bits per heavy atom. The first-order valence-electron chi connectivity index (χ1n) is 5.68. The topological polar surface area (TPSA) is 41.1 Å². The number of anilines is 1. The van der Waals surface area contributed by atoms with Gasteiger partial charge in [-0.1, -0.05) is 6.07 Å². The van der Waals surface area contributed by atoms with Gasteiger partial charge >= 0.3 is 6.18 Å². The molecule has 0 radical (unpaired) electrons. The molecule has 0 atom stereocenters. The lowest BCUT2D eigenvalue weighted by Gasteiger charge is -2.20. The molecule has 0 aliphatic carbocycles. The zero-order valence-corrected chi connectivity index (χ0v) is 10.8. The van der Waals surface area contributed by atoms with Gasteiger partial charge in [-0.05, 0) is 30.5 Å². The monoisotopic (exact) mass is 294 g/mol. The van der Waals surface area contributed by atoms with Crippen molar-refractivity contribution >= 4 is 24.0 Å². The molecule has 0 saturated carbocycles. The summed E-state index contributed by atoms with van der Waals surface area (Å²) in [6.07, 6.45) is -2.81. The van der Waals surface area contributed by atoms with Crippen LogP contribution in [0.4, 0.5) is 18.9 Å². The molecular formula is C12H14ClF3N2O. The van der Waals surface area contributed by atoms with Crippen molar-refractivity contribution in [1.82, 2.24) is 5.32 Å². The van der Waals surface area contributed by atoms with Crippen LogP contribution in [0.3, 0.4) is 0 Å². The number of hydrogen-bond acceptors (Lipinski definition) is 2. The lowest BCUT2D eigenvalue weighted by atomic mass is 9.97. The number of alkyl halides is 3. The molecule has 0 aromatic heterocycles. The fourth-order valence-electron chi connectivity index (χ4n) is 2.00. The van der Waals surface area contributed by atoms with E-state index < -0.39 is 18.6 Å². The normalized spacial score (nSPS) is 13.8. The van der Waals surface area contributed by atoms with Gasteiger partial charge in [-0.25, -0.2) is 0 Å². The predicted octanol–water partition coefficient (Wildman–Crippen LogP) is 2.76. The number of carbonyl (C=O) groups excluding carboxylic acids is 1. The Bertz CT molecular complexity index is 463. The maximum atomic E-state index is 12.0. The van der Waals surface area contributed by atoms with Crippen molar-refractivity contribution in [3.63, 3.8) is 0 Å². The highest BCUT2D eigenvalue weighted by Gasteiger charge is 2.28. The fraction of sp³-hybridized carbons (Fsp3) is 0.417. The lowest BCUT2D eigenvalue weighted by molar-refractivity contribution is -0.123. The second-order valence-corrected chi connectivity index (χ2v) is 4.16. The molecule has 19 heavy (non-hydrogen) atoms. The van der Waals surface area contributed by atoms with Gasteiger partial charge in [-0.15, -0.1) is 12.4 Å². The number of nitrogens with one attached hydrogen (secondary N) is 2. The van der Waals surface area contributed by atoms with Crippen molar-refractivity contribution in [3.8, 4) is 0 Å². The zero-order valence-electron chi connectivity index (χ0n) is 10.0. The number of amides is 1. The van der Waals surface area contributed by atoms with Gasteiger partial charge in [-0.2, -0.15) is 13.2 Å². The number of halogens is 4. The molecule has 0 saturated heterocycles. The van der Waals surface area contributed by atoms with Crippen LogP contribution in [0, 0.1) is 0 Å². The maximum Gasteiger partial charge on any atom is 0.405 e. The van der Waals surface area contributed by atoms with Gasteiger partial charge in [0.25, 0.3) is 5.91 Å². The van der Waals surface area contributed by atoms with Crippen LogP contribution in [0.5, 0.6) is 0 Å². The van der Waals surface area contributed by atoms with Gasteiger partial charge in [-0.3, -0.25) is 4.79 Å². The number of benzene rings is 1. The highest BCUT2D eigenvalue weighted by Crippen LogP contribution is 2.25. The maximum absolute atomic E-state index is 12.0. The summed E-state index contributed by atoms with van der Waals surface area (Å²) in [7, 11) is 0. The molecule has 1 aliphatic heterocycles. The molecule has 0 bridgehead atoms. The van der Waals surface area contributed by atoms with Crippen molar-refractivity contribution in [2.45, 2.75) is 19.0 Å². The van der Waals surface area contributed by atoms with Crippen LogP contribution in [0.15, 0.2) is 18.2 Å². The van der Waals surface area contributed by atoms with Crippen molar-refractivity contribution in [2.24, 2.45) is 0 Å². The number of fused-ring (bicyclic) bond motifs is 1. The third kappa shape index (κ3) is 4.02. The molecule has 1 heterocycles. The van der Waals surface area contributed by atoms with Crippen molar-refractivity contribution in [3.05, 3.63) is 29.3 Å². The first kappa shape index (κ1) is 15.6. The van der Waals surface area contributed by atoms with E-state index in [4.69, 9.17) is 0 Å². The largest absolute Gasteiger partial charge is 0.405 e. The summed E-state index contributed by atoms with van der Waals surface area (Å²) in [4.78, 5) is 11.7. The minimum atomic E-state index is -4.39. The van der Waals surface area contributed by atoms with E-state index in [2.05, 4.69) is 5.32 Å². The molecule has 3 nitrogen and oxygen atoms in total. The second kappa shape index (κ2) is 6.14. The Morgan fingerprint density at radius 2 is 2.11 bits per heavy atom. The van der Waals surface area contributed by atoms with Gasteiger partial charge in [0, 0.05) is 17.8 Å².